The second kappa shape index (κ2) is 8.97. The number of hydrogen-bond donors (Lipinski definition) is 2. The summed E-state index contributed by atoms with van der Waals surface area (Å²) in [6.07, 6.45) is 1.10. The highest BCUT2D eigenvalue weighted by Gasteiger charge is 2.61. The summed E-state index contributed by atoms with van der Waals surface area (Å²) >= 11 is 11.9. The summed E-state index contributed by atoms with van der Waals surface area (Å²) in [6, 6.07) is 8.24. The van der Waals surface area contributed by atoms with Crippen molar-refractivity contribution in [2.45, 2.75) is 57.0 Å². The molecule has 4 atom stereocenters. The van der Waals surface area contributed by atoms with Crippen LogP contribution in [0.4, 0.5) is 8.78 Å². The SMILES string of the molecule is CCC(C)(C)C[C@@H]1N[C@@H](C(=O)O)C(c2cccc(Cl)c2F)C1(C#N)c1ccc(Cl)cc1F. The molecule has 1 aliphatic rings. The van der Waals surface area contributed by atoms with Gasteiger partial charge in [-0.1, -0.05) is 68.6 Å². The van der Waals surface area contributed by atoms with Crippen molar-refractivity contribution < 1.29 is 18.7 Å². The average molecular weight is 481 g/mol. The van der Waals surface area contributed by atoms with Crippen molar-refractivity contribution in [2.75, 3.05) is 0 Å². The highest BCUT2D eigenvalue weighted by atomic mass is 35.5. The van der Waals surface area contributed by atoms with E-state index in [9.17, 15) is 15.2 Å². The Balaban J connectivity index is 2.37. The van der Waals surface area contributed by atoms with Gasteiger partial charge >= 0.3 is 5.97 Å². The molecule has 0 amide bonds. The molecule has 2 N–H and O–H groups in total. The number of halogens is 4. The molecule has 0 aliphatic carbocycles. The normalized spacial score (nSPS) is 25.5. The lowest BCUT2D eigenvalue weighted by atomic mass is 9.62. The maximum atomic E-state index is 15.3. The Morgan fingerprint density at radius 1 is 1.28 bits per heavy atom. The smallest absolute Gasteiger partial charge is 0.321 e. The first kappa shape index (κ1) is 24.4. The van der Waals surface area contributed by atoms with Crippen LogP contribution in [0.15, 0.2) is 36.4 Å². The predicted molar refractivity (Wildman–Crippen MR) is 120 cm³/mol. The largest absolute Gasteiger partial charge is 0.480 e. The van der Waals surface area contributed by atoms with Crippen molar-refractivity contribution in [1.82, 2.24) is 5.32 Å². The Labute approximate surface area is 196 Å². The van der Waals surface area contributed by atoms with Crippen molar-refractivity contribution in [3.8, 4) is 6.07 Å². The Hall–Kier alpha value is -2.20. The third kappa shape index (κ3) is 4.10. The van der Waals surface area contributed by atoms with Crippen molar-refractivity contribution in [3.05, 3.63) is 69.2 Å². The topological polar surface area (TPSA) is 73.1 Å². The van der Waals surface area contributed by atoms with E-state index in [-0.39, 0.29) is 26.6 Å². The number of nitrogens with zero attached hydrogens (tertiary/aromatic N) is 1. The molecule has 1 heterocycles. The maximum absolute atomic E-state index is 15.3. The summed E-state index contributed by atoms with van der Waals surface area (Å²) in [5.74, 6) is -4.08. The molecule has 2 unspecified atom stereocenters. The zero-order valence-electron chi connectivity index (χ0n) is 17.9. The predicted octanol–water partition coefficient (Wildman–Crippen LogP) is 6.07. The van der Waals surface area contributed by atoms with Crippen molar-refractivity contribution in [3.63, 3.8) is 0 Å². The quantitative estimate of drug-likeness (QED) is 0.526. The van der Waals surface area contributed by atoms with E-state index in [1.54, 1.807) is 0 Å². The van der Waals surface area contributed by atoms with E-state index in [0.29, 0.717) is 6.42 Å². The molecule has 2 aromatic carbocycles. The van der Waals surface area contributed by atoms with Crippen LogP contribution in [0.3, 0.4) is 0 Å². The van der Waals surface area contributed by atoms with E-state index in [4.69, 9.17) is 23.2 Å². The summed E-state index contributed by atoms with van der Waals surface area (Å²) in [5.41, 5.74) is -2.10. The van der Waals surface area contributed by atoms with Crippen molar-refractivity contribution in [2.24, 2.45) is 5.41 Å². The lowest BCUT2D eigenvalue weighted by Gasteiger charge is -2.38. The van der Waals surface area contributed by atoms with E-state index in [1.165, 1.54) is 30.3 Å². The third-order valence-electron chi connectivity index (χ3n) is 6.61. The number of hydrogen-bond acceptors (Lipinski definition) is 3. The van der Waals surface area contributed by atoms with Gasteiger partial charge in [-0.3, -0.25) is 10.1 Å². The molecule has 0 spiro atoms. The Morgan fingerprint density at radius 2 is 1.97 bits per heavy atom. The first-order valence-electron chi connectivity index (χ1n) is 10.3. The molecular formula is C24H24Cl2F2N2O2. The first-order chi connectivity index (χ1) is 15.0. The van der Waals surface area contributed by atoms with Gasteiger partial charge in [0.2, 0.25) is 0 Å². The summed E-state index contributed by atoms with van der Waals surface area (Å²) in [7, 11) is 0. The lowest BCUT2D eigenvalue weighted by Crippen LogP contribution is -2.45. The molecule has 32 heavy (non-hydrogen) atoms. The molecule has 0 saturated carbocycles. The van der Waals surface area contributed by atoms with Gasteiger partial charge in [-0.05, 0) is 35.6 Å². The van der Waals surface area contributed by atoms with Gasteiger partial charge in [0.15, 0.2) is 0 Å². The zero-order valence-corrected chi connectivity index (χ0v) is 19.4. The summed E-state index contributed by atoms with van der Waals surface area (Å²) in [4.78, 5) is 12.3. The van der Waals surface area contributed by atoms with E-state index >= 15 is 8.78 Å². The molecular weight excluding hydrogens is 457 g/mol. The van der Waals surface area contributed by atoms with E-state index in [0.717, 1.165) is 12.5 Å². The highest BCUT2D eigenvalue weighted by Crippen LogP contribution is 2.53. The number of carboxylic acid groups (broad SMARTS) is 1. The van der Waals surface area contributed by atoms with E-state index < -0.39 is 41.0 Å². The van der Waals surface area contributed by atoms with Gasteiger partial charge in [0.05, 0.1) is 11.1 Å². The van der Waals surface area contributed by atoms with E-state index in [1.807, 2.05) is 20.8 Å². The van der Waals surface area contributed by atoms with Gasteiger partial charge < -0.3 is 5.11 Å². The number of rotatable bonds is 6. The molecule has 4 nitrogen and oxygen atoms in total. The fourth-order valence-electron chi connectivity index (χ4n) is 4.63. The minimum atomic E-state index is -1.73. The van der Waals surface area contributed by atoms with Crippen LogP contribution in [0, 0.1) is 28.4 Å². The number of nitrogens with one attached hydrogen (secondary N) is 1. The molecule has 1 aliphatic heterocycles. The zero-order chi connectivity index (χ0) is 23.8. The minimum Gasteiger partial charge on any atom is -0.480 e. The number of benzene rings is 2. The van der Waals surface area contributed by atoms with Crippen LogP contribution in [-0.4, -0.2) is 23.2 Å². The molecule has 170 valence electrons. The average Bonchev–Trinajstić information content (AvgIpc) is 3.04. The molecule has 3 rings (SSSR count). The molecule has 8 heteroatoms. The Bertz CT molecular complexity index is 1090. The van der Waals surface area contributed by atoms with Crippen LogP contribution < -0.4 is 5.32 Å². The van der Waals surface area contributed by atoms with Crippen LogP contribution in [0.2, 0.25) is 10.0 Å². The second-order valence-corrected chi connectivity index (χ2v) is 9.83. The lowest BCUT2D eigenvalue weighted by molar-refractivity contribution is -0.139. The number of nitriles is 1. The van der Waals surface area contributed by atoms with Crippen LogP contribution in [0.1, 0.15) is 50.7 Å². The fraction of sp³-hybridized carbons (Fsp3) is 0.417. The Kier molecular flexibility index (Phi) is 6.86. The molecule has 2 aromatic rings. The highest BCUT2D eigenvalue weighted by molar-refractivity contribution is 6.31. The number of carbonyl (C=O) groups is 1. The van der Waals surface area contributed by atoms with E-state index in [2.05, 4.69) is 11.4 Å². The van der Waals surface area contributed by atoms with Gasteiger partial charge in [-0.25, -0.2) is 8.78 Å². The molecule has 1 fully saturated rings. The van der Waals surface area contributed by atoms with Gasteiger partial charge in [-0.2, -0.15) is 5.26 Å². The molecule has 0 aromatic heterocycles. The molecule has 1 saturated heterocycles. The van der Waals surface area contributed by atoms with Crippen LogP contribution in [-0.2, 0) is 10.2 Å². The fourth-order valence-corrected chi connectivity index (χ4v) is 4.97. The second-order valence-electron chi connectivity index (χ2n) is 8.98. The summed E-state index contributed by atoms with van der Waals surface area (Å²) in [6.45, 7) is 5.95. The van der Waals surface area contributed by atoms with Crippen LogP contribution in [0.5, 0.6) is 0 Å². The standard InChI is InChI=1S/C24H24Cl2F2N2O2/c1-4-23(2,3)11-18-24(12-29,15-9-8-13(25)10-17(15)27)19(21(30-18)22(31)32)14-6-5-7-16(26)20(14)28/h5-10,18-19,21,30H,4,11H2,1-3H3,(H,31,32)/t18-,19?,21+,24?/m0/s1. The maximum Gasteiger partial charge on any atom is 0.321 e. The van der Waals surface area contributed by atoms with Gasteiger partial charge in [0.1, 0.15) is 23.1 Å². The molecule has 0 radical (unpaired) electrons. The molecule has 0 bridgehead atoms. The van der Waals surface area contributed by atoms with Crippen LogP contribution >= 0.6 is 23.2 Å². The monoisotopic (exact) mass is 480 g/mol. The van der Waals surface area contributed by atoms with Gasteiger partial charge in [-0.15, -0.1) is 0 Å². The van der Waals surface area contributed by atoms with Crippen LogP contribution in [0.25, 0.3) is 0 Å². The van der Waals surface area contributed by atoms with Gasteiger partial charge in [0, 0.05) is 22.5 Å². The van der Waals surface area contributed by atoms with Crippen molar-refractivity contribution >= 4 is 29.2 Å². The first-order valence-corrected chi connectivity index (χ1v) is 11.0. The third-order valence-corrected chi connectivity index (χ3v) is 7.14. The number of carboxylic acids is 1. The number of aliphatic carboxylic acids is 1. The van der Waals surface area contributed by atoms with Gasteiger partial charge in [0.25, 0.3) is 0 Å². The van der Waals surface area contributed by atoms with Crippen molar-refractivity contribution in [1.29, 1.82) is 5.26 Å². The Morgan fingerprint density at radius 3 is 2.53 bits per heavy atom. The minimum absolute atomic E-state index is 0.0260. The summed E-state index contributed by atoms with van der Waals surface area (Å²) in [5, 5.41) is 23.5. The summed E-state index contributed by atoms with van der Waals surface area (Å²) < 4.78 is 30.5.